The SMILES string of the molecule is O=C1C[C@@H](C(=O)Nc2ccc3c(c2)OCO3)c2c(nc(N3CCOCC3)[nH]c2=O)N1. The molecule has 11 nitrogen and oxygen atoms in total. The normalized spacial score (nSPS) is 19.8. The van der Waals surface area contributed by atoms with Crippen LogP contribution < -0.4 is 30.6 Å². The van der Waals surface area contributed by atoms with Gasteiger partial charge in [-0.05, 0) is 12.1 Å². The lowest BCUT2D eigenvalue weighted by Crippen LogP contribution is -2.41. The van der Waals surface area contributed by atoms with Crippen LogP contribution >= 0.6 is 0 Å². The monoisotopic (exact) mass is 413 g/mol. The number of aromatic amines is 1. The fourth-order valence-corrected chi connectivity index (χ4v) is 3.71. The van der Waals surface area contributed by atoms with Crippen LogP contribution in [0.25, 0.3) is 0 Å². The van der Waals surface area contributed by atoms with E-state index >= 15 is 0 Å². The highest BCUT2D eigenvalue weighted by molar-refractivity contribution is 6.04. The van der Waals surface area contributed by atoms with Crippen molar-refractivity contribution in [3.05, 3.63) is 34.1 Å². The van der Waals surface area contributed by atoms with Gasteiger partial charge in [-0.1, -0.05) is 0 Å². The number of hydrogen-bond acceptors (Lipinski definition) is 8. The number of fused-ring (bicyclic) bond motifs is 2. The minimum absolute atomic E-state index is 0.113. The van der Waals surface area contributed by atoms with Gasteiger partial charge in [0.2, 0.25) is 24.6 Å². The number of H-pyrrole nitrogens is 1. The number of amides is 2. The highest BCUT2D eigenvalue weighted by Crippen LogP contribution is 2.35. The number of nitrogens with one attached hydrogen (secondary N) is 3. The lowest BCUT2D eigenvalue weighted by atomic mass is 9.92. The second-order valence-electron chi connectivity index (χ2n) is 7.11. The van der Waals surface area contributed by atoms with Gasteiger partial charge in [0.15, 0.2) is 11.5 Å². The second-order valence-corrected chi connectivity index (χ2v) is 7.11. The maximum atomic E-state index is 12.9. The standard InChI is InChI=1S/C19H19N5O6/c25-14-8-11(17(26)20-10-1-2-12-13(7-10)30-9-29-12)15-16(21-14)22-19(23-18(15)27)24-3-5-28-6-4-24/h1-2,7,11H,3-6,8-9H2,(H,20,26)(H2,21,22,23,25,27)/t11-/m1/s1. The first-order valence-corrected chi connectivity index (χ1v) is 9.56. The Hall–Kier alpha value is -3.60. The van der Waals surface area contributed by atoms with E-state index < -0.39 is 17.4 Å². The number of morpholine rings is 1. The third-order valence-electron chi connectivity index (χ3n) is 5.21. The van der Waals surface area contributed by atoms with Gasteiger partial charge in [0.1, 0.15) is 5.82 Å². The number of anilines is 3. The van der Waals surface area contributed by atoms with Crippen molar-refractivity contribution in [2.75, 3.05) is 48.6 Å². The number of carbonyl (C=O) groups excluding carboxylic acids is 2. The molecule has 11 heteroatoms. The Kier molecular flexibility index (Phi) is 4.51. The molecule has 156 valence electrons. The summed E-state index contributed by atoms with van der Waals surface area (Å²) in [6, 6.07) is 4.98. The van der Waals surface area contributed by atoms with Crippen LogP contribution in [0.1, 0.15) is 17.9 Å². The van der Waals surface area contributed by atoms with E-state index in [2.05, 4.69) is 20.6 Å². The van der Waals surface area contributed by atoms with Gasteiger partial charge in [0.05, 0.1) is 24.7 Å². The average molecular weight is 413 g/mol. The first-order valence-electron chi connectivity index (χ1n) is 9.56. The first-order chi connectivity index (χ1) is 14.6. The Morgan fingerprint density at radius 1 is 1.17 bits per heavy atom. The van der Waals surface area contributed by atoms with Gasteiger partial charge in [0.25, 0.3) is 5.56 Å². The Morgan fingerprint density at radius 2 is 1.97 bits per heavy atom. The zero-order valence-electron chi connectivity index (χ0n) is 15.9. The van der Waals surface area contributed by atoms with Crippen molar-refractivity contribution in [2.45, 2.75) is 12.3 Å². The molecule has 5 rings (SSSR count). The van der Waals surface area contributed by atoms with Crippen molar-refractivity contribution in [1.29, 1.82) is 0 Å². The fraction of sp³-hybridized carbons (Fsp3) is 0.368. The first kappa shape index (κ1) is 18.4. The zero-order chi connectivity index (χ0) is 20.7. The van der Waals surface area contributed by atoms with Crippen LogP contribution in [0.5, 0.6) is 11.5 Å². The summed E-state index contributed by atoms with van der Waals surface area (Å²) in [5, 5.41) is 5.36. The molecule has 0 spiro atoms. The van der Waals surface area contributed by atoms with E-state index in [1.165, 1.54) is 0 Å². The molecule has 1 saturated heterocycles. The molecule has 2 amide bonds. The van der Waals surface area contributed by atoms with Gasteiger partial charge in [-0.2, -0.15) is 4.98 Å². The van der Waals surface area contributed by atoms with Crippen molar-refractivity contribution >= 4 is 29.3 Å². The van der Waals surface area contributed by atoms with Crippen LogP contribution in [0.2, 0.25) is 0 Å². The highest BCUT2D eigenvalue weighted by atomic mass is 16.7. The smallest absolute Gasteiger partial charge is 0.258 e. The predicted molar refractivity (Wildman–Crippen MR) is 105 cm³/mol. The van der Waals surface area contributed by atoms with E-state index in [1.54, 1.807) is 18.2 Å². The summed E-state index contributed by atoms with van der Waals surface area (Å²) in [4.78, 5) is 47.0. The van der Waals surface area contributed by atoms with Crippen molar-refractivity contribution < 1.29 is 23.8 Å². The lowest BCUT2D eigenvalue weighted by molar-refractivity contribution is -0.123. The Balaban J connectivity index is 1.43. The predicted octanol–water partition coefficient (Wildman–Crippen LogP) is 0.400. The van der Waals surface area contributed by atoms with Crippen molar-refractivity contribution in [3.63, 3.8) is 0 Å². The third kappa shape index (κ3) is 3.32. The zero-order valence-corrected chi connectivity index (χ0v) is 15.9. The lowest BCUT2D eigenvalue weighted by Gasteiger charge is -2.29. The molecule has 1 aromatic carbocycles. The van der Waals surface area contributed by atoms with Gasteiger partial charge < -0.3 is 29.7 Å². The highest BCUT2D eigenvalue weighted by Gasteiger charge is 2.35. The third-order valence-corrected chi connectivity index (χ3v) is 5.21. The van der Waals surface area contributed by atoms with Gasteiger partial charge in [-0.25, -0.2) is 0 Å². The molecule has 0 aliphatic carbocycles. The van der Waals surface area contributed by atoms with E-state index in [4.69, 9.17) is 14.2 Å². The topological polar surface area (TPSA) is 135 Å². The van der Waals surface area contributed by atoms with Crippen LogP contribution in [0.3, 0.4) is 0 Å². The number of ether oxygens (including phenoxy) is 3. The molecule has 30 heavy (non-hydrogen) atoms. The summed E-state index contributed by atoms with van der Waals surface area (Å²) in [7, 11) is 0. The molecular weight excluding hydrogens is 394 g/mol. The summed E-state index contributed by atoms with van der Waals surface area (Å²) in [5.41, 5.74) is 0.170. The van der Waals surface area contributed by atoms with Gasteiger partial charge in [-0.3, -0.25) is 19.4 Å². The van der Waals surface area contributed by atoms with Crippen molar-refractivity contribution in [1.82, 2.24) is 9.97 Å². The van der Waals surface area contributed by atoms with E-state index in [-0.39, 0.29) is 30.5 Å². The minimum Gasteiger partial charge on any atom is -0.454 e. The summed E-state index contributed by atoms with van der Waals surface area (Å²) < 4.78 is 15.9. The quantitative estimate of drug-likeness (QED) is 0.658. The Labute approximate surface area is 170 Å². The van der Waals surface area contributed by atoms with Gasteiger partial charge in [0, 0.05) is 31.3 Å². The molecule has 3 N–H and O–H groups in total. The van der Waals surface area contributed by atoms with Crippen LogP contribution in [0.4, 0.5) is 17.5 Å². The number of benzene rings is 1. The molecule has 3 aliphatic rings. The van der Waals surface area contributed by atoms with Crippen LogP contribution in [-0.2, 0) is 14.3 Å². The number of nitrogens with zero attached hydrogens (tertiary/aromatic N) is 2. The van der Waals surface area contributed by atoms with Gasteiger partial charge in [-0.15, -0.1) is 0 Å². The molecule has 1 atom stereocenters. The average Bonchev–Trinajstić information content (AvgIpc) is 3.21. The maximum absolute atomic E-state index is 12.9. The number of aromatic nitrogens is 2. The van der Waals surface area contributed by atoms with E-state index in [1.807, 2.05) is 4.90 Å². The second kappa shape index (κ2) is 7.34. The number of carbonyl (C=O) groups is 2. The van der Waals surface area contributed by atoms with Crippen LogP contribution in [0.15, 0.2) is 23.0 Å². The van der Waals surface area contributed by atoms with Gasteiger partial charge >= 0.3 is 0 Å². The molecule has 0 radical (unpaired) electrons. The molecule has 0 bridgehead atoms. The Bertz CT molecular complexity index is 1080. The van der Waals surface area contributed by atoms with E-state index in [0.29, 0.717) is 49.4 Å². The molecule has 0 unspecified atom stereocenters. The maximum Gasteiger partial charge on any atom is 0.258 e. The fourth-order valence-electron chi connectivity index (χ4n) is 3.71. The number of hydrogen-bond donors (Lipinski definition) is 3. The molecular formula is C19H19N5O6. The summed E-state index contributed by atoms with van der Waals surface area (Å²) in [5.74, 6) is -0.248. The Morgan fingerprint density at radius 3 is 2.80 bits per heavy atom. The van der Waals surface area contributed by atoms with Crippen LogP contribution in [0, 0.1) is 0 Å². The van der Waals surface area contributed by atoms with Crippen molar-refractivity contribution in [2.24, 2.45) is 0 Å². The summed E-state index contributed by atoms with van der Waals surface area (Å²) >= 11 is 0. The molecule has 0 saturated carbocycles. The summed E-state index contributed by atoms with van der Waals surface area (Å²) in [6.45, 7) is 2.31. The number of rotatable bonds is 3. The largest absolute Gasteiger partial charge is 0.454 e. The summed E-state index contributed by atoms with van der Waals surface area (Å²) in [6.07, 6.45) is -0.148. The van der Waals surface area contributed by atoms with Crippen LogP contribution in [-0.4, -0.2) is 54.9 Å². The minimum atomic E-state index is -0.964. The molecule has 2 aromatic rings. The molecule has 1 fully saturated rings. The molecule has 3 aliphatic heterocycles. The van der Waals surface area contributed by atoms with E-state index in [9.17, 15) is 14.4 Å². The van der Waals surface area contributed by atoms with E-state index in [0.717, 1.165) is 0 Å². The molecule has 4 heterocycles. The van der Waals surface area contributed by atoms with Crippen molar-refractivity contribution in [3.8, 4) is 11.5 Å². The molecule has 1 aromatic heterocycles.